The lowest BCUT2D eigenvalue weighted by Gasteiger charge is -1.43. The average Bonchev–Trinajstić information content (AvgIpc) is 2.10. The van der Waals surface area contributed by atoms with Crippen LogP contribution in [0.25, 0.3) is 0 Å². The van der Waals surface area contributed by atoms with Crippen LogP contribution < -0.4 is 0 Å². The Bertz CT molecular complexity index is 462. The van der Waals surface area contributed by atoms with Crippen molar-refractivity contribution in [3.8, 4) is 0 Å². The van der Waals surface area contributed by atoms with Crippen molar-refractivity contribution in [1.82, 2.24) is 0 Å². The Morgan fingerprint density at radius 2 is 1.33 bits per heavy atom. The van der Waals surface area contributed by atoms with Gasteiger partial charge < -0.3 is 0 Å². The van der Waals surface area contributed by atoms with E-state index in [4.69, 9.17) is 0 Å². The Labute approximate surface area is 71.9 Å². The minimum Gasteiger partial charge on any atom is -0.0687 e. The molecule has 0 radical (unpaired) electrons. The van der Waals surface area contributed by atoms with Gasteiger partial charge in [-0.1, -0.05) is 11.5 Å². The van der Waals surface area contributed by atoms with E-state index in [1.165, 1.54) is 0 Å². The SMILES string of the molecule is C=C=C=C=C=C=C=C=C=C=CC. The molecule has 0 aliphatic rings. The first-order valence-corrected chi connectivity index (χ1v) is 3.22. The van der Waals surface area contributed by atoms with Gasteiger partial charge in [0.25, 0.3) is 0 Å². The molecule has 0 aromatic carbocycles. The van der Waals surface area contributed by atoms with E-state index < -0.39 is 0 Å². The molecule has 0 aromatic rings. The molecule has 12 heavy (non-hydrogen) atoms. The van der Waals surface area contributed by atoms with Crippen molar-refractivity contribution in [3.05, 3.63) is 64.2 Å². The third-order valence-corrected chi connectivity index (χ3v) is 0.680. The molecule has 0 heteroatoms. The fraction of sp³-hybridized carbons (Fsp3) is 0.0833. The van der Waals surface area contributed by atoms with E-state index in [-0.39, 0.29) is 0 Å². The highest BCUT2D eigenvalue weighted by molar-refractivity contribution is 4.90. The summed E-state index contributed by atoms with van der Waals surface area (Å²) in [4.78, 5) is 0. The molecule has 0 unspecified atom stereocenters. The van der Waals surface area contributed by atoms with Gasteiger partial charge in [0.1, 0.15) is 0 Å². The van der Waals surface area contributed by atoms with Crippen molar-refractivity contribution in [2.45, 2.75) is 6.92 Å². The van der Waals surface area contributed by atoms with E-state index in [9.17, 15) is 0 Å². The highest BCUT2D eigenvalue weighted by atomic mass is 13.4. The van der Waals surface area contributed by atoms with E-state index in [1.807, 2.05) is 6.92 Å². The Balaban J connectivity index is 5.31. The molecule has 0 rings (SSSR count). The zero-order chi connectivity index (χ0) is 9.07. The summed E-state index contributed by atoms with van der Waals surface area (Å²) in [5, 5.41) is 0. The van der Waals surface area contributed by atoms with E-state index in [1.54, 1.807) is 6.08 Å². The molecule has 0 N–H and O–H groups in total. The molecular weight excluding hydrogens is 144 g/mol. The molecule has 0 spiro atoms. The minimum absolute atomic E-state index is 1.72. The Morgan fingerprint density at radius 3 is 1.83 bits per heavy atom. The van der Waals surface area contributed by atoms with Crippen molar-refractivity contribution in [3.63, 3.8) is 0 Å². The molecule has 0 saturated carbocycles. The Kier molecular flexibility index (Phi) is 7.12. The fourth-order valence-electron chi connectivity index (χ4n) is 0.309. The van der Waals surface area contributed by atoms with Gasteiger partial charge in [0.2, 0.25) is 0 Å². The summed E-state index contributed by atoms with van der Waals surface area (Å²) >= 11 is 0. The van der Waals surface area contributed by atoms with Gasteiger partial charge in [0.05, 0.1) is 0 Å². The van der Waals surface area contributed by atoms with Crippen molar-refractivity contribution in [1.29, 1.82) is 0 Å². The highest BCUT2D eigenvalue weighted by Gasteiger charge is 1.39. The molecule has 0 saturated heterocycles. The third-order valence-electron chi connectivity index (χ3n) is 0.680. The monoisotopic (exact) mass is 150 g/mol. The standard InChI is InChI=1S/C12H6/c1-3-5-7-9-11-12-10-8-6-4-2/h4H,1H2,2H3. The van der Waals surface area contributed by atoms with Gasteiger partial charge in [0.15, 0.2) is 0 Å². The van der Waals surface area contributed by atoms with Gasteiger partial charge in [-0.2, -0.15) is 0 Å². The summed E-state index contributed by atoms with van der Waals surface area (Å²) in [6.07, 6.45) is 1.72. The molecule has 0 nitrogen and oxygen atoms in total. The van der Waals surface area contributed by atoms with Crippen molar-refractivity contribution >= 4 is 0 Å². The van der Waals surface area contributed by atoms with Gasteiger partial charge in [-0.3, -0.25) is 0 Å². The van der Waals surface area contributed by atoms with Crippen LogP contribution in [-0.2, 0) is 0 Å². The zero-order valence-electron chi connectivity index (χ0n) is 6.78. The fourth-order valence-corrected chi connectivity index (χ4v) is 0.309. The summed E-state index contributed by atoms with van der Waals surface area (Å²) in [5.74, 6) is 0. The number of rotatable bonds is 0. The van der Waals surface area contributed by atoms with Gasteiger partial charge in [0, 0.05) is 0 Å². The van der Waals surface area contributed by atoms with Crippen LogP contribution in [0, 0.1) is 0 Å². The third kappa shape index (κ3) is 7.76. The van der Waals surface area contributed by atoms with Gasteiger partial charge >= 0.3 is 0 Å². The quantitative estimate of drug-likeness (QED) is 0.465. The van der Waals surface area contributed by atoms with Crippen LogP contribution >= 0.6 is 0 Å². The predicted octanol–water partition coefficient (Wildman–Crippen LogP) is 2.59. The average molecular weight is 150 g/mol. The maximum absolute atomic E-state index is 3.29. The maximum atomic E-state index is 3.29. The second kappa shape index (κ2) is 8.76. The van der Waals surface area contributed by atoms with Crippen molar-refractivity contribution in [2.75, 3.05) is 0 Å². The van der Waals surface area contributed by atoms with Gasteiger partial charge in [-0.25, -0.2) is 0 Å². The molecule has 0 aromatic heterocycles. The van der Waals surface area contributed by atoms with Gasteiger partial charge in [-0.15, -0.1) is 0 Å². The maximum Gasteiger partial charge on any atom is -0.000000687 e. The van der Waals surface area contributed by atoms with Crippen LogP contribution in [0.2, 0.25) is 0 Å². The van der Waals surface area contributed by atoms with Crippen molar-refractivity contribution in [2.24, 2.45) is 0 Å². The van der Waals surface area contributed by atoms with Crippen LogP contribution in [-0.4, -0.2) is 0 Å². The number of hydrogen-bond donors (Lipinski definition) is 0. The molecule has 0 aliphatic carbocycles. The first kappa shape index (κ1) is 9.76. The van der Waals surface area contributed by atoms with Crippen LogP contribution in [0.5, 0.6) is 0 Å². The Hall–Kier alpha value is -2.24. The molecule has 0 heterocycles. The van der Waals surface area contributed by atoms with Crippen LogP contribution in [0.15, 0.2) is 64.2 Å². The van der Waals surface area contributed by atoms with E-state index >= 15 is 0 Å². The lowest BCUT2D eigenvalue weighted by molar-refractivity contribution is 1.78. The molecule has 0 aliphatic heterocycles. The predicted molar refractivity (Wildman–Crippen MR) is 47.5 cm³/mol. The first-order chi connectivity index (χ1) is 5.91. The molecule has 0 atom stereocenters. The number of hydrogen-bond acceptors (Lipinski definition) is 0. The summed E-state index contributed by atoms with van der Waals surface area (Å²) in [6.45, 7) is 5.13. The van der Waals surface area contributed by atoms with Crippen LogP contribution in [0.4, 0.5) is 0 Å². The molecular formula is C12H6. The highest BCUT2D eigenvalue weighted by Crippen LogP contribution is 1.56. The minimum atomic E-state index is 1.72. The summed E-state index contributed by atoms with van der Waals surface area (Å²) < 4.78 is 0. The van der Waals surface area contributed by atoms with Gasteiger partial charge in [-0.05, 0) is 59.7 Å². The summed E-state index contributed by atoms with van der Waals surface area (Å²) in [6, 6.07) is 0. The molecule has 54 valence electrons. The topological polar surface area (TPSA) is 0 Å². The van der Waals surface area contributed by atoms with E-state index in [0.29, 0.717) is 0 Å². The lowest BCUT2D eigenvalue weighted by Crippen LogP contribution is -1.25. The molecule has 0 amide bonds. The first-order valence-electron chi connectivity index (χ1n) is 3.22. The largest absolute Gasteiger partial charge is 0.0687 e. The number of allylic oxidation sites excluding steroid dienone is 1. The zero-order valence-corrected chi connectivity index (χ0v) is 6.78. The van der Waals surface area contributed by atoms with E-state index in [2.05, 4.69) is 58.2 Å². The summed E-state index contributed by atoms with van der Waals surface area (Å²) in [7, 11) is 0. The van der Waals surface area contributed by atoms with E-state index in [0.717, 1.165) is 0 Å². The second-order valence-corrected chi connectivity index (χ2v) is 1.48. The van der Waals surface area contributed by atoms with Crippen LogP contribution in [0.1, 0.15) is 6.92 Å². The smallest absolute Gasteiger partial charge is 0.000000687 e. The summed E-state index contributed by atoms with van der Waals surface area (Å²) in [5.41, 5.74) is 22.7. The molecule has 0 bridgehead atoms. The Morgan fingerprint density at radius 1 is 0.833 bits per heavy atom. The second-order valence-electron chi connectivity index (χ2n) is 1.48. The normalized spacial score (nSPS) is 4.08. The van der Waals surface area contributed by atoms with Crippen LogP contribution in [0.3, 0.4) is 0 Å². The molecule has 0 fully saturated rings. The van der Waals surface area contributed by atoms with Crippen molar-refractivity contribution < 1.29 is 0 Å². The lowest BCUT2D eigenvalue weighted by atomic mass is 10.6.